The number of carboxylic acid groups (broad SMARTS) is 1. The van der Waals surface area contributed by atoms with E-state index in [-0.39, 0.29) is 11.6 Å². The molecule has 1 amide bonds. The molecule has 0 unspecified atom stereocenters. The normalized spacial score (nSPS) is 14.7. The standard InChI is InChI=1S/C12H17N3O3/c1-8(2)5-10(16)14-3-4-15-7-13-11(12(17)18)9(15)6-14/h7-8H,3-6H2,1-2H3,(H,17,18). The molecule has 98 valence electrons. The van der Waals surface area contributed by atoms with Crippen LogP contribution >= 0.6 is 0 Å². The number of carbonyl (C=O) groups excluding carboxylic acids is 1. The molecular weight excluding hydrogens is 234 g/mol. The first-order chi connectivity index (χ1) is 8.49. The number of imidazole rings is 1. The van der Waals surface area contributed by atoms with Crippen molar-refractivity contribution in [3.63, 3.8) is 0 Å². The van der Waals surface area contributed by atoms with Gasteiger partial charge in [0.15, 0.2) is 5.69 Å². The lowest BCUT2D eigenvalue weighted by Crippen LogP contribution is -2.39. The van der Waals surface area contributed by atoms with E-state index in [4.69, 9.17) is 5.11 Å². The molecule has 0 fully saturated rings. The van der Waals surface area contributed by atoms with Gasteiger partial charge in [-0.25, -0.2) is 9.78 Å². The van der Waals surface area contributed by atoms with E-state index in [1.807, 2.05) is 18.4 Å². The lowest BCUT2D eigenvalue weighted by Gasteiger charge is -2.29. The summed E-state index contributed by atoms with van der Waals surface area (Å²) >= 11 is 0. The monoisotopic (exact) mass is 251 g/mol. The molecule has 0 radical (unpaired) electrons. The van der Waals surface area contributed by atoms with Gasteiger partial charge < -0.3 is 14.6 Å². The van der Waals surface area contributed by atoms with Gasteiger partial charge in [-0.15, -0.1) is 0 Å². The second-order valence-corrected chi connectivity index (χ2v) is 4.95. The Labute approximate surface area is 105 Å². The number of nitrogens with zero attached hydrogens (tertiary/aromatic N) is 3. The van der Waals surface area contributed by atoms with E-state index in [9.17, 15) is 9.59 Å². The predicted molar refractivity (Wildman–Crippen MR) is 64.1 cm³/mol. The molecule has 1 aliphatic heterocycles. The van der Waals surface area contributed by atoms with Gasteiger partial charge in [0.25, 0.3) is 0 Å². The van der Waals surface area contributed by atoms with E-state index in [1.54, 1.807) is 4.90 Å². The maximum atomic E-state index is 12.0. The third-order valence-electron chi connectivity index (χ3n) is 3.04. The molecule has 0 atom stereocenters. The highest BCUT2D eigenvalue weighted by Gasteiger charge is 2.26. The Kier molecular flexibility index (Phi) is 3.36. The quantitative estimate of drug-likeness (QED) is 0.868. The van der Waals surface area contributed by atoms with Gasteiger partial charge in [-0.2, -0.15) is 0 Å². The first kappa shape index (κ1) is 12.6. The Morgan fingerprint density at radius 3 is 2.78 bits per heavy atom. The molecule has 0 bridgehead atoms. The molecule has 6 heteroatoms. The molecule has 1 aromatic rings. The highest BCUT2D eigenvalue weighted by atomic mass is 16.4. The summed E-state index contributed by atoms with van der Waals surface area (Å²) < 4.78 is 1.81. The van der Waals surface area contributed by atoms with Crippen LogP contribution in [0.4, 0.5) is 0 Å². The number of aromatic carboxylic acids is 1. The zero-order valence-corrected chi connectivity index (χ0v) is 10.6. The summed E-state index contributed by atoms with van der Waals surface area (Å²) in [6.45, 7) is 5.56. The van der Waals surface area contributed by atoms with E-state index >= 15 is 0 Å². The lowest BCUT2D eigenvalue weighted by molar-refractivity contribution is -0.133. The Morgan fingerprint density at radius 1 is 1.44 bits per heavy atom. The number of amides is 1. The molecule has 0 spiro atoms. The molecule has 0 saturated heterocycles. The molecule has 6 nitrogen and oxygen atoms in total. The van der Waals surface area contributed by atoms with Gasteiger partial charge in [0.2, 0.25) is 5.91 Å². The van der Waals surface area contributed by atoms with Crippen LogP contribution in [-0.4, -0.2) is 38.0 Å². The average Bonchev–Trinajstić information content (AvgIpc) is 2.70. The van der Waals surface area contributed by atoms with Crippen LogP contribution in [0, 0.1) is 5.92 Å². The van der Waals surface area contributed by atoms with Crippen molar-refractivity contribution in [1.29, 1.82) is 0 Å². The number of fused-ring (bicyclic) bond motifs is 1. The van der Waals surface area contributed by atoms with Crippen LogP contribution in [0.3, 0.4) is 0 Å². The summed E-state index contributed by atoms with van der Waals surface area (Å²) in [5, 5.41) is 9.02. The van der Waals surface area contributed by atoms with Gasteiger partial charge in [-0.3, -0.25) is 4.79 Å². The minimum absolute atomic E-state index is 0.0528. The Morgan fingerprint density at radius 2 is 2.17 bits per heavy atom. The van der Waals surface area contributed by atoms with Gasteiger partial charge in [0, 0.05) is 19.5 Å². The van der Waals surface area contributed by atoms with Crippen molar-refractivity contribution in [2.75, 3.05) is 6.54 Å². The number of hydrogen-bond donors (Lipinski definition) is 1. The molecule has 0 aliphatic carbocycles. The summed E-state index contributed by atoms with van der Waals surface area (Å²) in [5.41, 5.74) is 0.669. The van der Waals surface area contributed by atoms with Crippen LogP contribution in [0.5, 0.6) is 0 Å². The fourth-order valence-electron chi connectivity index (χ4n) is 2.12. The van der Waals surface area contributed by atoms with Crippen LogP contribution in [0.1, 0.15) is 36.5 Å². The van der Waals surface area contributed by atoms with Crippen molar-refractivity contribution in [2.45, 2.75) is 33.4 Å². The zero-order valence-electron chi connectivity index (χ0n) is 10.6. The van der Waals surface area contributed by atoms with Crippen LogP contribution in [0.25, 0.3) is 0 Å². The highest BCUT2D eigenvalue weighted by Crippen LogP contribution is 2.18. The minimum atomic E-state index is -1.04. The van der Waals surface area contributed by atoms with Gasteiger partial charge in [-0.1, -0.05) is 13.8 Å². The van der Waals surface area contributed by atoms with E-state index in [0.717, 1.165) is 0 Å². The molecule has 2 rings (SSSR count). The number of hydrogen-bond acceptors (Lipinski definition) is 3. The van der Waals surface area contributed by atoms with Crippen molar-refractivity contribution in [1.82, 2.24) is 14.5 Å². The molecule has 0 aromatic carbocycles. The fraction of sp³-hybridized carbons (Fsp3) is 0.583. The number of rotatable bonds is 3. The third kappa shape index (κ3) is 2.37. The summed E-state index contributed by atoms with van der Waals surface area (Å²) in [6, 6.07) is 0. The van der Waals surface area contributed by atoms with Crippen molar-refractivity contribution in [2.24, 2.45) is 5.92 Å². The van der Waals surface area contributed by atoms with Crippen molar-refractivity contribution < 1.29 is 14.7 Å². The van der Waals surface area contributed by atoms with Gasteiger partial charge in [0.1, 0.15) is 0 Å². The van der Waals surface area contributed by atoms with E-state index in [1.165, 1.54) is 6.33 Å². The van der Waals surface area contributed by atoms with Crippen molar-refractivity contribution >= 4 is 11.9 Å². The summed E-state index contributed by atoms with van der Waals surface area (Å²) in [5.74, 6) is -0.654. The van der Waals surface area contributed by atoms with Crippen LogP contribution in [0.2, 0.25) is 0 Å². The summed E-state index contributed by atoms with van der Waals surface area (Å²) in [7, 11) is 0. The molecular formula is C12H17N3O3. The fourth-order valence-corrected chi connectivity index (χ4v) is 2.12. The van der Waals surface area contributed by atoms with Crippen molar-refractivity contribution in [3.05, 3.63) is 17.7 Å². The highest BCUT2D eigenvalue weighted by molar-refractivity contribution is 5.87. The molecule has 1 aliphatic rings. The first-order valence-corrected chi connectivity index (χ1v) is 6.04. The smallest absolute Gasteiger partial charge is 0.356 e. The Balaban J connectivity index is 2.16. The van der Waals surface area contributed by atoms with Crippen LogP contribution in [0.15, 0.2) is 6.33 Å². The second kappa shape index (κ2) is 4.80. The topological polar surface area (TPSA) is 75.4 Å². The Bertz CT molecular complexity index is 479. The number of carbonyl (C=O) groups is 2. The van der Waals surface area contributed by atoms with Crippen LogP contribution < -0.4 is 0 Å². The van der Waals surface area contributed by atoms with E-state index < -0.39 is 5.97 Å². The van der Waals surface area contributed by atoms with Crippen molar-refractivity contribution in [3.8, 4) is 0 Å². The molecule has 1 N–H and O–H groups in total. The SMILES string of the molecule is CC(C)CC(=O)N1CCn2cnc(C(=O)O)c2C1. The second-order valence-electron chi connectivity index (χ2n) is 4.95. The largest absolute Gasteiger partial charge is 0.476 e. The van der Waals surface area contributed by atoms with E-state index in [0.29, 0.717) is 37.7 Å². The van der Waals surface area contributed by atoms with Gasteiger partial charge >= 0.3 is 5.97 Å². The molecule has 1 aromatic heterocycles. The third-order valence-corrected chi connectivity index (χ3v) is 3.04. The Hall–Kier alpha value is -1.85. The summed E-state index contributed by atoms with van der Waals surface area (Å²) in [6.07, 6.45) is 2.03. The number of aromatic nitrogens is 2. The molecule has 0 saturated carbocycles. The average molecular weight is 251 g/mol. The van der Waals surface area contributed by atoms with Crippen LogP contribution in [-0.2, 0) is 17.9 Å². The molecule has 18 heavy (non-hydrogen) atoms. The maximum absolute atomic E-state index is 12.0. The summed E-state index contributed by atoms with van der Waals surface area (Å²) in [4.78, 5) is 28.6. The minimum Gasteiger partial charge on any atom is -0.476 e. The predicted octanol–water partition coefficient (Wildman–Crippen LogP) is 0.970. The van der Waals surface area contributed by atoms with Gasteiger partial charge in [-0.05, 0) is 5.92 Å². The number of carboxylic acids is 1. The lowest BCUT2D eigenvalue weighted by atomic mass is 10.1. The molecule has 2 heterocycles. The van der Waals surface area contributed by atoms with Gasteiger partial charge in [0.05, 0.1) is 18.6 Å². The van der Waals surface area contributed by atoms with E-state index in [2.05, 4.69) is 4.98 Å². The first-order valence-electron chi connectivity index (χ1n) is 6.04. The maximum Gasteiger partial charge on any atom is 0.356 e. The zero-order chi connectivity index (χ0) is 13.3.